The number of carbonyl (C=O) groups excluding carboxylic acids is 4. The van der Waals surface area contributed by atoms with E-state index in [0.29, 0.717) is 30.2 Å². The summed E-state index contributed by atoms with van der Waals surface area (Å²) >= 11 is 0. The Kier molecular flexibility index (Phi) is 34.4. The summed E-state index contributed by atoms with van der Waals surface area (Å²) in [6.45, 7) is 8.45. The van der Waals surface area contributed by atoms with Crippen molar-refractivity contribution in [2.75, 3.05) is 26.4 Å². The Morgan fingerprint density at radius 1 is 0.516 bits per heavy atom. The molecule has 1 aromatic rings. The van der Waals surface area contributed by atoms with Gasteiger partial charge in [-0.25, -0.2) is 14.2 Å². The molecule has 0 unspecified atom stereocenters. The predicted molar refractivity (Wildman–Crippen MR) is 243 cm³/mol. The molecule has 11 heteroatoms. The number of nitrogens with one attached hydrogen (secondary N) is 1. The number of unbranched alkanes of at least 4 members (excludes halogenated alkanes) is 24. The average molecular weight is 981 g/mol. The lowest BCUT2D eigenvalue weighted by atomic mass is 9.81. The van der Waals surface area contributed by atoms with Crippen LogP contribution in [0.15, 0.2) is 47.1 Å². The maximum Gasteiger partial charge on any atom is 0.336 e. The van der Waals surface area contributed by atoms with Gasteiger partial charge in [0.25, 0.3) is 0 Å². The van der Waals surface area contributed by atoms with Crippen molar-refractivity contribution < 1.29 is 66.7 Å². The van der Waals surface area contributed by atoms with Crippen LogP contribution in [0.3, 0.4) is 0 Å². The molecule has 0 atom stereocenters. The molecule has 0 aromatic carbocycles. The first kappa shape index (κ1) is 57.1. The largest absolute Gasteiger partial charge is 1.00 e. The Labute approximate surface area is 393 Å². The maximum atomic E-state index is 13.7. The second-order valence-corrected chi connectivity index (χ2v) is 17.1. The van der Waals surface area contributed by atoms with Crippen LogP contribution < -0.4 is 33.9 Å². The number of halogens is 1. The van der Waals surface area contributed by atoms with E-state index < -0.39 is 29.8 Å². The van der Waals surface area contributed by atoms with Gasteiger partial charge in [0.1, 0.15) is 20.3 Å². The monoisotopic (exact) mass is 981 g/mol. The van der Waals surface area contributed by atoms with Crippen molar-refractivity contribution in [1.82, 2.24) is 5.32 Å². The highest BCUT2D eigenvalue weighted by atomic mass is 127. The zero-order chi connectivity index (χ0) is 44.3. The van der Waals surface area contributed by atoms with Crippen molar-refractivity contribution in [2.24, 2.45) is 7.05 Å². The van der Waals surface area contributed by atoms with Crippen molar-refractivity contribution in [3.8, 4) is 0 Å². The fourth-order valence-corrected chi connectivity index (χ4v) is 8.02. The van der Waals surface area contributed by atoms with Gasteiger partial charge in [-0.3, -0.25) is 9.59 Å². The highest BCUT2D eigenvalue weighted by Crippen LogP contribution is 2.39. The molecule has 0 fully saturated rings. The number of ether oxygens (including phenoxy) is 4. The van der Waals surface area contributed by atoms with Crippen molar-refractivity contribution >= 4 is 23.9 Å². The van der Waals surface area contributed by atoms with Gasteiger partial charge >= 0.3 is 23.9 Å². The first-order valence-corrected chi connectivity index (χ1v) is 24.5. The Balaban J connectivity index is 0.0000192. The van der Waals surface area contributed by atoms with Crippen molar-refractivity contribution in [1.29, 1.82) is 0 Å². The molecular weight excluding hydrogens is 895 g/mol. The quantitative estimate of drug-likeness (QED) is 0.0229. The number of carbonyl (C=O) groups is 4. The molecule has 1 aromatic heterocycles. The molecule has 0 radical (unpaired) electrons. The molecule has 62 heavy (non-hydrogen) atoms. The summed E-state index contributed by atoms with van der Waals surface area (Å²) in [5, 5.41) is 3.16. The number of hydrogen-bond acceptors (Lipinski definition) is 9. The van der Waals surface area contributed by atoms with E-state index in [4.69, 9.17) is 18.9 Å². The molecule has 1 aliphatic heterocycles. The van der Waals surface area contributed by atoms with E-state index in [-0.39, 0.29) is 61.2 Å². The summed E-state index contributed by atoms with van der Waals surface area (Å²) in [5.41, 5.74) is 2.27. The number of esters is 4. The van der Waals surface area contributed by atoms with Gasteiger partial charge in [0, 0.05) is 23.0 Å². The fourth-order valence-electron chi connectivity index (χ4n) is 8.02. The standard InChI is InChI=1S/C51H84N2O8.HI/c1-6-8-10-12-14-16-18-20-22-24-26-28-30-37-58-45(54)34-39-60-50(56)47-42(3)52-43(4)48(49(47)44-33-32-36-53(5)41-44)51(57)61-40-35-46(55)59-38-31-29-27-25-23-21-19-17-15-13-11-9-7-2;/h32-33,36,41,49H,6-31,34-35,37-40H2,1-5H3;1H. The number of nitrogens with zero attached hydrogens (tertiary/aromatic N) is 1. The summed E-state index contributed by atoms with van der Waals surface area (Å²) in [4.78, 5) is 52.3. The molecule has 0 saturated heterocycles. The van der Waals surface area contributed by atoms with E-state index in [1.165, 1.54) is 128 Å². The zero-order valence-electron chi connectivity index (χ0n) is 39.6. The molecule has 2 rings (SSSR count). The van der Waals surface area contributed by atoms with Crippen LogP contribution in [-0.4, -0.2) is 50.3 Å². The maximum absolute atomic E-state index is 13.7. The van der Waals surface area contributed by atoms with E-state index in [1.54, 1.807) is 13.8 Å². The molecule has 0 saturated carbocycles. The number of aromatic nitrogens is 1. The van der Waals surface area contributed by atoms with Gasteiger partial charge in [0.05, 0.1) is 43.1 Å². The lowest BCUT2D eigenvalue weighted by molar-refractivity contribution is -0.671. The minimum atomic E-state index is -0.793. The second kappa shape index (κ2) is 37.4. The van der Waals surface area contributed by atoms with Gasteiger partial charge in [-0.2, -0.15) is 0 Å². The van der Waals surface area contributed by atoms with E-state index in [2.05, 4.69) is 19.2 Å². The molecule has 10 nitrogen and oxygen atoms in total. The molecular formula is C51H85IN2O8. The number of allylic oxidation sites excluding steroid dienone is 2. The molecule has 0 amide bonds. The first-order chi connectivity index (χ1) is 29.7. The van der Waals surface area contributed by atoms with Gasteiger partial charge < -0.3 is 48.2 Å². The van der Waals surface area contributed by atoms with E-state index in [0.717, 1.165) is 38.5 Å². The van der Waals surface area contributed by atoms with Gasteiger partial charge in [-0.15, -0.1) is 0 Å². The normalized spacial score (nSPS) is 12.8. The van der Waals surface area contributed by atoms with Crippen LogP contribution in [0.1, 0.15) is 219 Å². The molecule has 1 N–H and O–H groups in total. The Hall–Kier alpha value is -2.96. The van der Waals surface area contributed by atoms with Crippen LogP contribution in [0, 0.1) is 0 Å². The van der Waals surface area contributed by atoms with Gasteiger partial charge in [-0.05, 0) is 32.8 Å². The molecule has 1 aliphatic rings. The van der Waals surface area contributed by atoms with E-state index in [9.17, 15) is 19.2 Å². The molecule has 0 bridgehead atoms. The summed E-state index contributed by atoms with van der Waals surface area (Å²) in [5.74, 6) is -2.89. The molecule has 2 heterocycles. The Bertz CT molecular complexity index is 1380. The van der Waals surface area contributed by atoms with Crippen LogP contribution in [0.5, 0.6) is 0 Å². The van der Waals surface area contributed by atoms with Gasteiger partial charge in [0.15, 0.2) is 12.4 Å². The van der Waals surface area contributed by atoms with E-state index >= 15 is 0 Å². The SMILES string of the molecule is CCCCCCCCCCCCCCCOC(=O)CCOC(=O)C1=C(C)NC(C)=C(C(=O)OCCC(=O)OCCCCCCCCCCCCCCC)C1c1ccc[n+](C)c1.[I-]. The third kappa shape index (κ3) is 26.0. The molecule has 0 aliphatic carbocycles. The number of hydrogen-bond donors (Lipinski definition) is 1. The summed E-state index contributed by atoms with van der Waals surface area (Å²) < 4.78 is 23.9. The van der Waals surface area contributed by atoms with Crippen molar-refractivity contribution in [3.63, 3.8) is 0 Å². The van der Waals surface area contributed by atoms with Crippen molar-refractivity contribution in [3.05, 3.63) is 52.6 Å². The van der Waals surface area contributed by atoms with Crippen LogP contribution in [-0.2, 0) is 45.2 Å². The first-order valence-electron chi connectivity index (χ1n) is 24.5. The van der Waals surface area contributed by atoms with E-state index in [1.807, 2.05) is 36.1 Å². The predicted octanol–water partition coefficient (Wildman–Crippen LogP) is 8.89. The topological polar surface area (TPSA) is 121 Å². The fraction of sp³-hybridized carbons (Fsp3) is 0.745. The summed E-state index contributed by atoms with van der Waals surface area (Å²) in [6.07, 6.45) is 36.0. The lowest BCUT2D eigenvalue weighted by Gasteiger charge is -2.29. The summed E-state index contributed by atoms with van der Waals surface area (Å²) in [7, 11) is 1.86. The van der Waals surface area contributed by atoms with Crippen LogP contribution in [0.2, 0.25) is 0 Å². The smallest absolute Gasteiger partial charge is 0.336 e. The summed E-state index contributed by atoms with van der Waals surface area (Å²) in [6, 6.07) is 3.69. The van der Waals surface area contributed by atoms with Gasteiger partial charge in [0.2, 0.25) is 0 Å². The highest BCUT2D eigenvalue weighted by Gasteiger charge is 2.39. The second-order valence-electron chi connectivity index (χ2n) is 17.1. The number of dihydropyridines is 1. The molecule has 0 spiro atoms. The van der Waals surface area contributed by atoms with Crippen LogP contribution >= 0.6 is 0 Å². The third-order valence-electron chi connectivity index (χ3n) is 11.6. The number of rotatable bonds is 37. The third-order valence-corrected chi connectivity index (χ3v) is 11.6. The van der Waals surface area contributed by atoms with Crippen LogP contribution in [0.4, 0.5) is 0 Å². The Morgan fingerprint density at radius 3 is 1.19 bits per heavy atom. The minimum absolute atomic E-state index is 0. The van der Waals surface area contributed by atoms with Gasteiger partial charge in [-0.1, -0.05) is 168 Å². The number of aryl methyl sites for hydroxylation is 1. The number of pyridine rings is 1. The lowest BCUT2D eigenvalue weighted by Crippen LogP contribution is -3.00. The molecule has 354 valence electrons. The zero-order valence-corrected chi connectivity index (χ0v) is 41.8. The Morgan fingerprint density at radius 2 is 0.855 bits per heavy atom. The average Bonchev–Trinajstić information content (AvgIpc) is 3.23. The highest BCUT2D eigenvalue weighted by molar-refractivity contribution is 6.00. The minimum Gasteiger partial charge on any atom is -1.00 e. The van der Waals surface area contributed by atoms with Crippen molar-refractivity contribution in [2.45, 2.75) is 213 Å². The van der Waals surface area contributed by atoms with Crippen LogP contribution in [0.25, 0.3) is 0 Å².